The molecule has 2 rings (SSSR count). The molecular formula is C13H12N3O2-. The molecular weight excluding hydrogens is 230 g/mol. The van der Waals surface area contributed by atoms with Gasteiger partial charge in [-0.15, -0.1) is 0 Å². The van der Waals surface area contributed by atoms with Gasteiger partial charge in [0.2, 0.25) is 0 Å². The molecule has 2 aromatic rings. The van der Waals surface area contributed by atoms with Gasteiger partial charge in [0.05, 0.1) is 17.6 Å². The summed E-state index contributed by atoms with van der Waals surface area (Å²) in [4.78, 5) is 0. The topological polar surface area (TPSA) is 70.9 Å². The molecule has 0 bridgehead atoms. The average molecular weight is 242 g/mol. The Morgan fingerprint density at radius 3 is 2.33 bits per heavy atom. The maximum atomic E-state index is 10.6. The first kappa shape index (κ1) is 12.1. The Balaban J connectivity index is 1.96. The maximum Gasteiger partial charge on any atom is 0.0563 e. The number of hydrogen-bond acceptors (Lipinski definition) is 5. The van der Waals surface area contributed by atoms with Crippen molar-refractivity contribution in [2.75, 3.05) is 10.7 Å². The zero-order valence-corrected chi connectivity index (χ0v) is 9.52. The summed E-state index contributed by atoms with van der Waals surface area (Å²) in [5, 5.41) is 23.1. The van der Waals surface area contributed by atoms with Crippen molar-refractivity contribution in [3.63, 3.8) is 0 Å². The van der Waals surface area contributed by atoms with E-state index in [1.54, 1.807) is 18.3 Å². The molecule has 0 aromatic heterocycles. The van der Waals surface area contributed by atoms with E-state index < -0.39 is 0 Å². The van der Waals surface area contributed by atoms with Gasteiger partial charge in [0.15, 0.2) is 0 Å². The molecule has 18 heavy (non-hydrogen) atoms. The van der Waals surface area contributed by atoms with Crippen molar-refractivity contribution in [3.8, 4) is 0 Å². The van der Waals surface area contributed by atoms with Crippen molar-refractivity contribution in [2.24, 2.45) is 5.10 Å². The van der Waals surface area contributed by atoms with Gasteiger partial charge < -0.3 is 10.4 Å². The number of nitrogens with zero attached hydrogens (tertiary/aromatic N) is 2. The number of benzene rings is 2. The number of nitrogens with one attached hydrogen (secondary N) is 1. The second-order valence-corrected chi connectivity index (χ2v) is 3.60. The first-order chi connectivity index (χ1) is 8.75. The molecule has 0 radical (unpaired) electrons. The van der Waals surface area contributed by atoms with E-state index in [9.17, 15) is 5.21 Å². The second-order valence-electron chi connectivity index (χ2n) is 3.60. The predicted octanol–water partition coefficient (Wildman–Crippen LogP) is 2.83. The monoisotopic (exact) mass is 242 g/mol. The summed E-state index contributed by atoms with van der Waals surface area (Å²) in [5.41, 5.74) is 4.72. The van der Waals surface area contributed by atoms with Crippen LogP contribution in [0.15, 0.2) is 59.7 Å². The predicted molar refractivity (Wildman–Crippen MR) is 71.7 cm³/mol. The molecule has 0 aliphatic heterocycles. The highest BCUT2D eigenvalue weighted by molar-refractivity contribution is 5.80. The largest absolute Gasteiger partial charge is 0.733 e. The van der Waals surface area contributed by atoms with Crippen LogP contribution < -0.4 is 10.7 Å². The van der Waals surface area contributed by atoms with Gasteiger partial charge in [-0.05, 0) is 29.8 Å². The highest BCUT2D eigenvalue weighted by Gasteiger charge is 1.92. The van der Waals surface area contributed by atoms with E-state index in [1.165, 1.54) is 12.1 Å². The lowest BCUT2D eigenvalue weighted by atomic mass is 10.2. The molecule has 0 unspecified atom stereocenters. The van der Waals surface area contributed by atoms with Crippen molar-refractivity contribution in [1.82, 2.24) is 0 Å². The summed E-state index contributed by atoms with van der Waals surface area (Å²) >= 11 is 0. The van der Waals surface area contributed by atoms with Gasteiger partial charge in [-0.3, -0.25) is 10.6 Å². The third-order valence-corrected chi connectivity index (χ3v) is 2.30. The average Bonchev–Trinajstić information content (AvgIpc) is 2.40. The molecule has 0 aliphatic carbocycles. The Morgan fingerprint density at radius 2 is 1.72 bits per heavy atom. The first-order valence-electron chi connectivity index (χ1n) is 5.36. The van der Waals surface area contributed by atoms with Gasteiger partial charge in [-0.1, -0.05) is 30.3 Å². The smallest absolute Gasteiger partial charge is 0.0563 e. The SMILES string of the molecule is [O-]N(O)c1ccc(NN=Cc2ccccc2)cc1. The lowest BCUT2D eigenvalue weighted by Gasteiger charge is -2.21. The lowest BCUT2D eigenvalue weighted by molar-refractivity contribution is 0.296. The van der Waals surface area contributed by atoms with Crippen LogP contribution in [0.2, 0.25) is 0 Å². The summed E-state index contributed by atoms with van der Waals surface area (Å²) in [6, 6.07) is 16.0. The lowest BCUT2D eigenvalue weighted by Crippen LogP contribution is -2.06. The summed E-state index contributed by atoms with van der Waals surface area (Å²) < 4.78 is 0. The summed E-state index contributed by atoms with van der Waals surface area (Å²) in [6.45, 7) is 0. The van der Waals surface area contributed by atoms with Crippen LogP contribution in [0.5, 0.6) is 0 Å². The van der Waals surface area contributed by atoms with Crippen LogP contribution in [-0.2, 0) is 0 Å². The molecule has 0 amide bonds. The van der Waals surface area contributed by atoms with Crippen molar-refractivity contribution in [1.29, 1.82) is 0 Å². The molecule has 5 heteroatoms. The van der Waals surface area contributed by atoms with Crippen LogP contribution in [0.4, 0.5) is 11.4 Å². The zero-order valence-electron chi connectivity index (χ0n) is 9.52. The fourth-order valence-corrected chi connectivity index (χ4v) is 1.38. The molecule has 0 heterocycles. The van der Waals surface area contributed by atoms with E-state index in [-0.39, 0.29) is 10.9 Å². The molecule has 0 aliphatic rings. The van der Waals surface area contributed by atoms with E-state index in [4.69, 9.17) is 5.21 Å². The Kier molecular flexibility index (Phi) is 3.90. The van der Waals surface area contributed by atoms with Gasteiger partial charge in [0.1, 0.15) is 0 Å². The highest BCUT2D eigenvalue weighted by Crippen LogP contribution is 2.15. The maximum absolute atomic E-state index is 10.6. The summed E-state index contributed by atoms with van der Waals surface area (Å²) in [6.07, 6.45) is 1.69. The Bertz CT molecular complexity index is 510. The van der Waals surface area contributed by atoms with E-state index >= 15 is 0 Å². The van der Waals surface area contributed by atoms with Crippen LogP contribution in [-0.4, -0.2) is 11.4 Å². The Hall–Kier alpha value is -2.37. The molecule has 5 nitrogen and oxygen atoms in total. The van der Waals surface area contributed by atoms with Crippen LogP contribution >= 0.6 is 0 Å². The second kappa shape index (κ2) is 5.81. The van der Waals surface area contributed by atoms with E-state index in [0.717, 1.165) is 11.3 Å². The van der Waals surface area contributed by atoms with E-state index in [0.29, 0.717) is 0 Å². The van der Waals surface area contributed by atoms with Gasteiger partial charge in [0.25, 0.3) is 0 Å². The number of hydrogen-bond donors (Lipinski definition) is 2. The van der Waals surface area contributed by atoms with Gasteiger partial charge in [0, 0.05) is 0 Å². The van der Waals surface area contributed by atoms with Crippen LogP contribution in [0.1, 0.15) is 5.56 Å². The molecule has 2 aromatic carbocycles. The van der Waals surface area contributed by atoms with Crippen LogP contribution in [0.25, 0.3) is 0 Å². The third kappa shape index (κ3) is 3.31. The van der Waals surface area contributed by atoms with Crippen LogP contribution in [0.3, 0.4) is 0 Å². The Morgan fingerprint density at radius 1 is 1.06 bits per heavy atom. The standard InChI is InChI=1S/C13H12N3O2/c17-16(18)13-8-6-12(7-9-13)15-14-10-11-4-2-1-3-5-11/h1-10,15,17H/q-1. The number of rotatable bonds is 4. The molecule has 0 atom stereocenters. The van der Waals surface area contributed by atoms with E-state index in [1.807, 2.05) is 30.3 Å². The van der Waals surface area contributed by atoms with Gasteiger partial charge >= 0.3 is 0 Å². The molecule has 2 N–H and O–H groups in total. The highest BCUT2D eigenvalue weighted by atomic mass is 16.8. The quantitative estimate of drug-likeness (QED) is 0.638. The van der Waals surface area contributed by atoms with Crippen molar-refractivity contribution in [2.45, 2.75) is 0 Å². The third-order valence-electron chi connectivity index (χ3n) is 2.30. The van der Waals surface area contributed by atoms with E-state index in [2.05, 4.69) is 10.5 Å². The Labute approximate surface area is 105 Å². The fourth-order valence-electron chi connectivity index (χ4n) is 1.38. The number of anilines is 2. The molecule has 0 saturated heterocycles. The van der Waals surface area contributed by atoms with Crippen LogP contribution in [0, 0.1) is 5.21 Å². The van der Waals surface area contributed by atoms with Crippen molar-refractivity contribution in [3.05, 3.63) is 65.4 Å². The normalized spacial score (nSPS) is 10.6. The number of hydrazone groups is 1. The molecule has 0 spiro atoms. The summed E-state index contributed by atoms with van der Waals surface area (Å²) in [5.74, 6) is 0. The van der Waals surface area contributed by atoms with Gasteiger partial charge in [-0.2, -0.15) is 5.10 Å². The first-order valence-corrected chi connectivity index (χ1v) is 5.36. The molecule has 0 fully saturated rings. The molecule has 92 valence electrons. The molecule has 0 saturated carbocycles. The fraction of sp³-hybridized carbons (Fsp3) is 0. The summed E-state index contributed by atoms with van der Waals surface area (Å²) in [7, 11) is 0. The van der Waals surface area contributed by atoms with Gasteiger partial charge in [-0.25, -0.2) is 0 Å². The minimum Gasteiger partial charge on any atom is -0.733 e. The van der Waals surface area contributed by atoms with Crippen molar-refractivity contribution >= 4 is 17.6 Å². The minimum atomic E-state index is -0.184. The van der Waals surface area contributed by atoms with Crippen molar-refractivity contribution < 1.29 is 5.21 Å². The minimum absolute atomic E-state index is 0.174. The zero-order chi connectivity index (χ0) is 12.8.